The van der Waals surface area contributed by atoms with Crippen LogP contribution in [0.15, 0.2) is 24.3 Å². The highest BCUT2D eigenvalue weighted by Crippen LogP contribution is 2.21. The fraction of sp³-hybridized carbons (Fsp3) is 0.533. The molecule has 1 aliphatic heterocycles. The van der Waals surface area contributed by atoms with Gasteiger partial charge in [-0.3, -0.25) is 4.79 Å². The molecule has 0 atom stereocenters. The van der Waals surface area contributed by atoms with Crippen LogP contribution in [0.25, 0.3) is 0 Å². The van der Waals surface area contributed by atoms with Crippen LogP contribution in [0.4, 0.5) is 0 Å². The number of carbonyl (C=O) groups is 1. The van der Waals surface area contributed by atoms with Gasteiger partial charge in [0.15, 0.2) is 0 Å². The Balaban J connectivity index is 1.87. The monoisotopic (exact) mass is 279 g/mol. The van der Waals surface area contributed by atoms with E-state index >= 15 is 0 Å². The number of phenolic OH excluding ortho intramolecular Hbond substituents is 1. The van der Waals surface area contributed by atoms with Gasteiger partial charge in [-0.15, -0.1) is 0 Å². The van der Waals surface area contributed by atoms with Gasteiger partial charge in [-0.1, -0.05) is 18.2 Å². The summed E-state index contributed by atoms with van der Waals surface area (Å²) in [5.74, 6) is 0.104. The Morgan fingerprint density at radius 3 is 2.65 bits per heavy atom. The SMILES string of the molecule is O=C(CCc1ccccc1O)NC1(CO)CCOCC1. The molecule has 3 N–H and O–H groups in total. The lowest BCUT2D eigenvalue weighted by Gasteiger charge is -2.36. The minimum Gasteiger partial charge on any atom is -0.508 e. The molecule has 0 unspecified atom stereocenters. The van der Waals surface area contributed by atoms with E-state index in [1.807, 2.05) is 6.07 Å². The van der Waals surface area contributed by atoms with E-state index in [4.69, 9.17) is 4.74 Å². The van der Waals surface area contributed by atoms with E-state index in [0.717, 1.165) is 5.56 Å². The number of hydrogen-bond donors (Lipinski definition) is 3. The first-order chi connectivity index (χ1) is 9.65. The zero-order valence-electron chi connectivity index (χ0n) is 11.5. The van der Waals surface area contributed by atoms with Gasteiger partial charge in [0.1, 0.15) is 5.75 Å². The molecule has 1 saturated heterocycles. The molecule has 2 rings (SSSR count). The third kappa shape index (κ3) is 3.71. The fourth-order valence-corrected chi connectivity index (χ4v) is 2.41. The average Bonchev–Trinajstić information content (AvgIpc) is 2.47. The Kier molecular flexibility index (Phi) is 4.98. The van der Waals surface area contributed by atoms with Crippen molar-refractivity contribution in [1.29, 1.82) is 0 Å². The van der Waals surface area contributed by atoms with Crippen molar-refractivity contribution in [3.63, 3.8) is 0 Å². The number of aliphatic hydroxyl groups excluding tert-OH is 1. The van der Waals surface area contributed by atoms with Crippen LogP contribution >= 0.6 is 0 Å². The number of aryl methyl sites for hydroxylation is 1. The minimum atomic E-state index is -0.548. The maximum absolute atomic E-state index is 12.0. The number of benzene rings is 1. The summed E-state index contributed by atoms with van der Waals surface area (Å²) >= 11 is 0. The molecule has 5 nitrogen and oxygen atoms in total. The van der Waals surface area contributed by atoms with E-state index in [-0.39, 0.29) is 18.3 Å². The molecule has 1 amide bonds. The number of para-hydroxylation sites is 1. The maximum Gasteiger partial charge on any atom is 0.220 e. The topological polar surface area (TPSA) is 78.8 Å². The fourth-order valence-electron chi connectivity index (χ4n) is 2.41. The van der Waals surface area contributed by atoms with Crippen molar-refractivity contribution < 1.29 is 19.7 Å². The molecule has 1 heterocycles. The quantitative estimate of drug-likeness (QED) is 0.751. The second-order valence-corrected chi connectivity index (χ2v) is 5.23. The lowest BCUT2D eigenvalue weighted by Crippen LogP contribution is -2.54. The Morgan fingerprint density at radius 1 is 1.30 bits per heavy atom. The zero-order valence-corrected chi connectivity index (χ0v) is 11.5. The maximum atomic E-state index is 12.0. The number of amides is 1. The molecule has 1 aromatic rings. The first-order valence-electron chi connectivity index (χ1n) is 6.92. The number of rotatable bonds is 5. The summed E-state index contributed by atoms with van der Waals surface area (Å²) in [5.41, 5.74) is 0.210. The van der Waals surface area contributed by atoms with Crippen molar-refractivity contribution in [1.82, 2.24) is 5.32 Å². The van der Waals surface area contributed by atoms with Crippen LogP contribution < -0.4 is 5.32 Å². The lowest BCUT2D eigenvalue weighted by atomic mass is 9.90. The lowest BCUT2D eigenvalue weighted by molar-refractivity contribution is -0.125. The molecule has 0 saturated carbocycles. The Morgan fingerprint density at radius 2 is 2.00 bits per heavy atom. The van der Waals surface area contributed by atoms with Crippen molar-refractivity contribution in [2.45, 2.75) is 31.2 Å². The summed E-state index contributed by atoms with van der Waals surface area (Å²) in [5, 5.41) is 22.1. The van der Waals surface area contributed by atoms with E-state index in [9.17, 15) is 15.0 Å². The highest BCUT2D eigenvalue weighted by atomic mass is 16.5. The van der Waals surface area contributed by atoms with E-state index < -0.39 is 5.54 Å². The van der Waals surface area contributed by atoms with Gasteiger partial charge in [0, 0.05) is 19.6 Å². The normalized spacial score (nSPS) is 17.6. The van der Waals surface area contributed by atoms with Crippen LogP contribution in [0.5, 0.6) is 5.75 Å². The van der Waals surface area contributed by atoms with Gasteiger partial charge in [-0.2, -0.15) is 0 Å². The van der Waals surface area contributed by atoms with Crippen LogP contribution in [0.1, 0.15) is 24.8 Å². The number of hydrogen-bond acceptors (Lipinski definition) is 4. The molecular formula is C15H21NO4. The van der Waals surface area contributed by atoms with E-state index in [1.54, 1.807) is 18.2 Å². The number of nitrogens with one attached hydrogen (secondary N) is 1. The summed E-state index contributed by atoms with van der Waals surface area (Å²) < 4.78 is 5.26. The van der Waals surface area contributed by atoms with Gasteiger partial charge >= 0.3 is 0 Å². The molecule has 110 valence electrons. The smallest absolute Gasteiger partial charge is 0.220 e. The summed E-state index contributed by atoms with van der Waals surface area (Å²) in [6.45, 7) is 1.04. The molecule has 0 aromatic heterocycles. The van der Waals surface area contributed by atoms with Gasteiger partial charge < -0.3 is 20.3 Å². The molecule has 20 heavy (non-hydrogen) atoms. The number of ether oxygens (including phenoxy) is 1. The number of phenols is 1. The summed E-state index contributed by atoms with van der Waals surface area (Å²) in [6.07, 6.45) is 2.04. The first-order valence-corrected chi connectivity index (χ1v) is 6.92. The molecule has 0 radical (unpaired) electrons. The average molecular weight is 279 g/mol. The Hall–Kier alpha value is -1.59. The van der Waals surface area contributed by atoms with Gasteiger partial charge in [0.2, 0.25) is 5.91 Å². The molecule has 1 fully saturated rings. The van der Waals surface area contributed by atoms with Crippen molar-refractivity contribution in [2.24, 2.45) is 0 Å². The number of aliphatic hydroxyl groups is 1. The predicted molar refractivity (Wildman–Crippen MR) is 74.4 cm³/mol. The first kappa shape index (κ1) is 14.8. The molecule has 0 aliphatic carbocycles. The summed E-state index contributed by atoms with van der Waals surface area (Å²) in [6, 6.07) is 7.00. The van der Waals surface area contributed by atoms with E-state index in [2.05, 4.69) is 5.32 Å². The van der Waals surface area contributed by atoms with Gasteiger partial charge in [-0.05, 0) is 30.9 Å². The summed E-state index contributed by atoms with van der Waals surface area (Å²) in [7, 11) is 0. The van der Waals surface area contributed by atoms with Crippen molar-refractivity contribution in [3.8, 4) is 5.75 Å². The van der Waals surface area contributed by atoms with Crippen molar-refractivity contribution in [3.05, 3.63) is 29.8 Å². The van der Waals surface area contributed by atoms with Crippen LogP contribution in [0, 0.1) is 0 Å². The number of carbonyl (C=O) groups excluding carboxylic acids is 1. The van der Waals surface area contributed by atoms with Crippen LogP contribution in [0.2, 0.25) is 0 Å². The summed E-state index contributed by atoms with van der Waals surface area (Å²) in [4.78, 5) is 12.0. The van der Waals surface area contributed by atoms with Crippen LogP contribution in [0.3, 0.4) is 0 Å². The van der Waals surface area contributed by atoms with Crippen molar-refractivity contribution >= 4 is 5.91 Å². The van der Waals surface area contributed by atoms with Gasteiger partial charge in [0.25, 0.3) is 0 Å². The van der Waals surface area contributed by atoms with Crippen molar-refractivity contribution in [2.75, 3.05) is 19.8 Å². The molecule has 1 aromatic carbocycles. The molecule has 0 spiro atoms. The highest BCUT2D eigenvalue weighted by molar-refractivity contribution is 5.77. The standard InChI is InChI=1S/C15H21NO4/c17-11-15(7-9-20-10-8-15)16-14(19)6-5-12-3-1-2-4-13(12)18/h1-4,17-18H,5-11H2,(H,16,19). The van der Waals surface area contributed by atoms with Gasteiger partial charge in [-0.25, -0.2) is 0 Å². The molecule has 1 aliphatic rings. The van der Waals surface area contributed by atoms with Gasteiger partial charge in [0.05, 0.1) is 12.1 Å². The second-order valence-electron chi connectivity index (χ2n) is 5.23. The van der Waals surface area contributed by atoms with Crippen LogP contribution in [-0.4, -0.2) is 41.5 Å². The molecular weight excluding hydrogens is 258 g/mol. The molecule has 5 heteroatoms. The molecule has 0 bridgehead atoms. The Labute approximate surface area is 118 Å². The van der Waals surface area contributed by atoms with E-state index in [0.29, 0.717) is 38.9 Å². The Bertz CT molecular complexity index is 455. The number of aromatic hydroxyl groups is 1. The predicted octanol–water partition coefficient (Wildman–Crippen LogP) is 0.982. The minimum absolute atomic E-state index is 0.0707. The van der Waals surface area contributed by atoms with Crippen LogP contribution in [-0.2, 0) is 16.0 Å². The third-order valence-electron chi connectivity index (χ3n) is 3.77. The highest BCUT2D eigenvalue weighted by Gasteiger charge is 2.33. The largest absolute Gasteiger partial charge is 0.508 e. The van der Waals surface area contributed by atoms with E-state index in [1.165, 1.54) is 0 Å². The third-order valence-corrected chi connectivity index (χ3v) is 3.77. The zero-order chi connectivity index (χ0) is 14.4. The second kappa shape index (κ2) is 6.72.